The maximum Gasteiger partial charge on any atom is 0.315 e. The summed E-state index contributed by atoms with van der Waals surface area (Å²) in [7, 11) is 0. The van der Waals surface area contributed by atoms with E-state index in [4.69, 9.17) is 5.73 Å². The van der Waals surface area contributed by atoms with Gasteiger partial charge in [0.05, 0.1) is 0 Å². The van der Waals surface area contributed by atoms with Gasteiger partial charge in [-0.25, -0.2) is 4.79 Å². The van der Waals surface area contributed by atoms with E-state index in [1.807, 2.05) is 0 Å². The quantitative estimate of drug-likeness (QED) is 0.495. The second-order valence-electron chi connectivity index (χ2n) is 2.82. The topological polar surface area (TPSA) is 67.1 Å². The van der Waals surface area contributed by atoms with Crippen molar-refractivity contribution in [1.29, 1.82) is 0 Å². The number of rotatable bonds is 4. The van der Waals surface area contributed by atoms with E-state index in [0.29, 0.717) is 19.1 Å². The van der Waals surface area contributed by atoms with Gasteiger partial charge in [0.15, 0.2) is 0 Å². The molecule has 0 aromatic carbocycles. The molecular formula is C7H15N3O. The molecule has 4 N–H and O–H groups in total. The van der Waals surface area contributed by atoms with Crippen LogP contribution in [0.3, 0.4) is 0 Å². The van der Waals surface area contributed by atoms with Gasteiger partial charge >= 0.3 is 6.03 Å². The van der Waals surface area contributed by atoms with Crippen molar-refractivity contribution >= 4 is 6.03 Å². The van der Waals surface area contributed by atoms with Crippen molar-refractivity contribution in [2.45, 2.75) is 25.3 Å². The predicted octanol–water partition coefficient (Wildman–Crippen LogP) is -0.203. The Hall–Kier alpha value is -0.770. The molecule has 4 nitrogen and oxygen atoms in total. The van der Waals surface area contributed by atoms with E-state index in [9.17, 15) is 4.79 Å². The first kappa shape index (κ1) is 8.33. The minimum absolute atomic E-state index is 0.0547. The van der Waals surface area contributed by atoms with Crippen molar-refractivity contribution in [2.24, 2.45) is 5.73 Å². The summed E-state index contributed by atoms with van der Waals surface area (Å²) >= 11 is 0. The van der Waals surface area contributed by atoms with E-state index >= 15 is 0 Å². The van der Waals surface area contributed by atoms with Gasteiger partial charge in [-0.1, -0.05) is 0 Å². The van der Waals surface area contributed by atoms with Gasteiger partial charge in [-0.3, -0.25) is 0 Å². The lowest BCUT2D eigenvalue weighted by atomic mass is 10.4. The Kier molecular flexibility index (Phi) is 3.16. The molecule has 1 rings (SSSR count). The number of carbonyl (C=O) groups is 1. The second kappa shape index (κ2) is 4.18. The third kappa shape index (κ3) is 3.83. The smallest absolute Gasteiger partial charge is 0.315 e. The average Bonchev–Trinajstić information content (AvgIpc) is 2.72. The molecule has 0 aliphatic heterocycles. The van der Waals surface area contributed by atoms with Crippen LogP contribution < -0.4 is 16.4 Å². The van der Waals surface area contributed by atoms with E-state index < -0.39 is 0 Å². The summed E-state index contributed by atoms with van der Waals surface area (Å²) < 4.78 is 0. The fourth-order valence-electron chi connectivity index (χ4n) is 0.768. The van der Waals surface area contributed by atoms with Crippen molar-refractivity contribution < 1.29 is 4.79 Å². The number of carbonyl (C=O) groups excluding carboxylic acids is 1. The number of nitrogens with one attached hydrogen (secondary N) is 2. The summed E-state index contributed by atoms with van der Waals surface area (Å²) in [5.41, 5.74) is 5.26. The zero-order valence-electron chi connectivity index (χ0n) is 6.60. The lowest BCUT2D eigenvalue weighted by molar-refractivity contribution is 0.240. The highest BCUT2D eigenvalue weighted by Gasteiger charge is 2.22. The normalized spacial score (nSPS) is 16.1. The first-order chi connectivity index (χ1) is 5.33. The van der Waals surface area contributed by atoms with E-state index in [0.717, 1.165) is 19.3 Å². The number of hydrogen-bond acceptors (Lipinski definition) is 2. The highest BCUT2D eigenvalue weighted by atomic mass is 16.2. The maximum atomic E-state index is 10.9. The van der Waals surface area contributed by atoms with Gasteiger partial charge in [-0.15, -0.1) is 0 Å². The molecule has 0 radical (unpaired) electrons. The average molecular weight is 157 g/mol. The highest BCUT2D eigenvalue weighted by Crippen LogP contribution is 2.17. The molecule has 0 heterocycles. The van der Waals surface area contributed by atoms with Crippen LogP contribution in [-0.2, 0) is 0 Å². The molecule has 4 heteroatoms. The molecule has 1 aliphatic rings. The lowest BCUT2D eigenvalue weighted by Crippen LogP contribution is -2.37. The van der Waals surface area contributed by atoms with Crippen molar-refractivity contribution in [2.75, 3.05) is 13.1 Å². The summed E-state index contributed by atoms with van der Waals surface area (Å²) in [4.78, 5) is 10.9. The molecule has 11 heavy (non-hydrogen) atoms. The Morgan fingerprint density at radius 1 is 1.55 bits per heavy atom. The molecule has 64 valence electrons. The molecule has 0 aromatic heterocycles. The summed E-state index contributed by atoms with van der Waals surface area (Å²) in [6.45, 7) is 1.30. The van der Waals surface area contributed by atoms with Crippen molar-refractivity contribution in [3.8, 4) is 0 Å². The largest absolute Gasteiger partial charge is 0.338 e. The van der Waals surface area contributed by atoms with Crippen LogP contribution in [0, 0.1) is 0 Å². The van der Waals surface area contributed by atoms with Crippen LogP contribution in [0.4, 0.5) is 4.79 Å². The Balaban J connectivity index is 1.92. The number of nitrogens with two attached hydrogens (primary N) is 1. The molecule has 1 aliphatic carbocycles. The van der Waals surface area contributed by atoms with Crippen LogP contribution in [0.15, 0.2) is 0 Å². The fourth-order valence-corrected chi connectivity index (χ4v) is 0.768. The molecule has 2 amide bonds. The Bertz CT molecular complexity index is 134. The molecule has 0 bridgehead atoms. The van der Waals surface area contributed by atoms with E-state index in [1.54, 1.807) is 0 Å². The lowest BCUT2D eigenvalue weighted by Gasteiger charge is -2.04. The number of amides is 2. The molecular weight excluding hydrogens is 142 g/mol. The monoisotopic (exact) mass is 157 g/mol. The summed E-state index contributed by atoms with van der Waals surface area (Å²) in [5.74, 6) is 0. The van der Waals surface area contributed by atoms with Gasteiger partial charge in [0.25, 0.3) is 0 Å². The number of urea groups is 1. The van der Waals surface area contributed by atoms with Crippen molar-refractivity contribution in [3.05, 3.63) is 0 Å². The molecule has 0 saturated heterocycles. The van der Waals surface area contributed by atoms with E-state index in [2.05, 4.69) is 10.6 Å². The summed E-state index contributed by atoms with van der Waals surface area (Å²) in [6.07, 6.45) is 3.10. The standard InChI is InChI=1S/C7H15N3O/c8-4-1-5-9-7(11)10-6-2-3-6/h6H,1-5,8H2,(H2,9,10,11). The van der Waals surface area contributed by atoms with Crippen LogP contribution in [0.25, 0.3) is 0 Å². The summed E-state index contributed by atoms with van der Waals surface area (Å²) in [6, 6.07) is 0.383. The zero-order chi connectivity index (χ0) is 8.10. The highest BCUT2D eigenvalue weighted by molar-refractivity contribution is 5.74. The summed E-state index contributed by atoms with van der Waals surface area (Å²) in [5, 5.41) is 5.55. The minimum Gasteiger partial charge on any atom is -0.338 e. The Morgan fingerprint density at radius 2 is 2.27 bits per heavy atom. The Morgan fingerprint density at radius 3 is 2.82 bits per heavy atom. The minimum atomic E-state index is -0.0547. The Labute approximate surface area is 66.5 Å². The van der Waals surface area contributed by atoms with Gasteiger partial charge in [0, 0.05) is 12.6 Å². The van der Waals surface area contributed by atoms with Gasteiger partial charge in [-0.2, -0.15) is 0 Å². The predicted molar refractivity (Wildman–Crippen MR) is 43.2 cm³/mol. The van der Waals surface area contributed by atoms with Crippen molar-refractivity contribution in [3.63, 3.8) is 0 Å². The molecule has 0 atom stereocenters. The molecule has 1 saturated carbocycles. The van der Waals surface area contributed by atoms with Crippen LogP contribution in [-0.4, -0.2) is 25.2 Å². The van der Waals surface area contributed by atoms with Gasteiger partial charge in [0.2, 0.25) is 0 Å². The van der Waals surface area contributed by atoms with Crippen molar-refractivity contribution in [1.82, 2.24) is 10.6 Å². The van der Waals surface area contributed by atoms with E-state index in [1.165, 1.54) is 0 Å². The van der Waals surface area contributed by atoms with Crippen LogP contribution in [0.2, 0.25) is 0 Å². The second-order valence-corrected chi connectivity index (χ2v) is 2.82. The zero-order valence-corrected chi connectivity index (χ0v) is 6.60. The van der Waals surface area contributed by atoms with Gasteiger partial charge in [0.1, 0.15) is 0 Å². The van der Waals surface area contributed by atoms with Crippen LogP contribution >= 0.6 is 0 Å². The third-order valence-corrected chi connectivity index (χ3v) is 1.58. The van der Waals surface area contributed by atoms with Gasteiger partial charge < -0.3 is 16.4 Å². The number of hydrogen-bond donors (Lipinski definition) is 3. The first-order valence-electron chi connectivity index (χ1n) is 4.07. The molecule has 0 unspecified atom stereocenters. The molecule has 0 spiro atoms. The molecule has 1 fully saturated rings. The fraction of sp³-hybridized carbons (Fsp3) is 0.857. The van der Waals surface area contributed by atoms with Crippen LogP contribution in [0.5, 0.6) is 0 Å². The third-order valence-electron chi connectivity index (χ3n) is 1.58. The first-order valence-corrected chi connectivity index (χ1v) is 4.07. The molecule has 0 aromatic rings. The SMILES string of the molecule is NCCCNC(=O)NC1CC1. The maximum absolute atomic E-state index is 10.9. The van der Waals surface area contributed by atoms with Gasteiger partial charge in [-0.05, 0) is 25.8 Å². The van der Waals surface area contributed by atoms with E-state index in [-0.39, 0.29) is 6.03 Å². The van der Waals surface area contributed by atoms with Crippen LogP contribution in [0.1, 0.15) is 19.3 Å².